The predicted molar refractivity (Wildman–Crippen MR) is 47.5 cm³/mol. The number of thiophene rings is 1. The van der Waals surface area contributed by atoms with Crippen LogP contribution in [0.15, 0.2) is 11.4 Å². The van der Waals surface area contributed by atoms with Gasteiger partial charge in [0.15, 0.2) is 6.07 Å². The Hall–Kier alpha value is -1.29. The largest absolute Gasteiger partial charge is 0.380 e. The minimum atomic E-state index is 0.602. The van der Waals surface area contributed by atoms with Crippen molar-refractivity contribution in [2.24, 2.45) is 0 Å². The molecule has 0 unspecified atom stereocenters. The van der Waals surface area contributed by atoms with Gasteiger partial charge in [-0.25, -0.2) is 0 Å². The smallest absolute Gasteiger partial charge is 0.152 e. The van der Waals surface area contributed by atoms with Gasteiger partial charge in [-0.3, -0.25) is 0 Å². The maximum Gasteiger partial charge on any atom is 0.152 e. The summed E-state index contributed by atoms with van der Waals surface area (Å²) >= 11 is 1.52. The molecule has 0 aliphatic rings. The fourth-order valence-electron chi connectivity index (χ4n) is 0.773. The lowest BCUT2D eigenvalue weighted by Crippen LogP contribution is -1.81. The number of rotatable bonds is 2. The van der Waals surface area contributed by atoms with E-state index in [0.717, 1.165) is 10.4 Å². The van der Waals surface area contributed by atoms with Crippen LogP contribution in [0.1, 0.15) is 10.4 Å². The molecule has 0 saturated heterocycles. The average molecular weight is 177 g/mol. The zero-order chi connectivity index (χ0) is 8.81. The summed E-state index contributed by atoms with van der Waals surface area (Å²) < 4.78 is 4.94. The van der Waals surface area contributed by atoms with E-state index in [2.05, 4.69) is 11.8 Å². The van der Waals surface area contributed by atoms with Crippen LogP contribution >= 0.6 is 11.3 Å². The van der Waals surface area contributed by atoms with Crippen LogP contribution in [0.25, 0.3) is 0 Å². The third-order valence-electron chi connectivity index (χ3n) is 1.21. The van der Waals surface area contributed by atoms with Gasteiger partial charge in [-0.05, 0) is 22.9 Å². The molecule has 0 atom stereocenters. The molecule has 0 amide bonds. The van der Waals surface area contributed by atoms with Crippen LogP contribution in [0, 0.1) is 23.2 Å². The van der Waals surface area contributed by atoms with E-state index in [4.69, 9.17) is 10.00 Å². The van der Waals surface area contributed by atoms with Crippen molar-refractivity contribution in [1.82, 2.24) is 0 Å². The third kappa shape index (κ3) is 2.39. The van der Waals surface area contributed by atoms with Crippen molar-refractivity contribution in [3.63, 3.8) is 0 Å². The molecule has 3 heteroatoms. The van der Waals surface area contributed by atoms with E-state index in [1.807, 2.05) is 11.4 Å². The summed E-state index contributed by atoms with van der Waals surface area (Å²) in [6.45, 7) is 0.602. The molecule has 2 nitrogen and oxygen atoms in total. The van der Waals surface area contributed by atoms with Crippen molar-refractivity contribution in [3.05, 3.63) is 21.9 Å². The Morgan fingerprint density at radius 3 is 3.17 bits per heavy atom. The highest BCUT2D eigenvalue weighted by Crippen LogP contribution is 2.13. The molecule has 1 aromatic heterocycles. The SMILES string of the molecule is COCc1csc(C#CC#N)c1. The highest BCUT2D eigenvalue weighted by molar-refractivity contribution is 7.10. The first-order valence-electron chi connectivity index (χ1n) is 3.33. The van der Waals surface area contributed by atoms with E-state index in [0.29, 0.717) is 6.61 Å². The molecule has 12 heavy (non-hydrogen) atoms. The minimum absolute atomic E-state index is 0.602. The van der Waals surface area contributed by atoms with Crippen LogP contribution in [0.4, 0.5) is 0 Å². The molecule has 0 saturated carbocycles. The van der Waals surface area contributed by atoms with Gasteiger partial charge in [-0.15, -0.1) is 11.3 Å². The van der Waals surface area contributed by atoms with Crippen molar-refractivity contribution < 1.29 is 4.74 Å². The minimum Gasteiger partial charge on any atom is -0.380 e. The van der Waals surface area contributed by atoms with Crippen molar-refractivity contribution in [2.75, 3.05) is 7.11 Å². The van der Waals surface area contributed by atoms with Crippen molar-refractivity contribution >= 4 is 11.3 Å². The molecule has 0 aliphatic heterocycles. The van der Waals surface area contributed by atoms with E-state index in [1.165, 1.54) is 11.3 Å². The van der Waals surface area contributed by atoms with Gasteiger partial charge in [-0.2, -0.15) is 5.26 Å². The van der Waals surface area contributed by atoms with Crippen LogP contribution in [-0.2, 0) is 11.3 Å². The van der Waals surface area contributed by atoms with Gasteiger partial charge in [0.05, 0.1) is 11.5 Å². The Morgan fingerprint density at radius 2 is 2.50 bits per heavy atom. The zero-order valence-electron chi connectivity index (χ0n) is 6.63. The number of nitriles is 1. The predicted octanol–water partition coefficient (Wildman–Crippen LogP) is 1.77. The Balaban J connectivity index is 2.72. The number of nitrogens with zero attached hydrogens (tertiary/aromatic N) is 1. The van der Waals surface area contributed by atoms with E-state index in [1.54, 1.807) is 13.2 Å². The Labute approximate surface area is 75.4 Å². The molecule has 1 rings (SSSR count). The maximum absolute atomic E-state index is 8.19. The highest BCUT2D eigenvalue weighted by Gasteiger charge is 1.95. The molecule has 0 N–H and O–H groups in total. The number of ether oxygens (including phenoxy) is 1. The Kier molecular flexibility index (Phi) is 3.35. The van der Waals surface area contributed by atoms with Gasteiger partial charge >= 0.3 is 0 Å². The summed E-state index contributed by atoms with van der Waals surface area (Å²) in [6.07, 6.45) is 0. The lowest BCUT2D eigenvalue weighted by atomic mass is 10.3. The molecule has 0 aliphatic carbocycles. The van der Waals surface area contributed by atoms with Gasteiger partial charge in [-0.1, -0.05) is 0 Å². The molecule has 60 valence electrons. The molecule has 0 fully saturated rings. The van der Waals surface area contributed by atoms with Gasteiger partial charge < -0.3 is 4.74 Å². The standard InChI is InChI=1S/C9H7NOS/c1-11-6-8-5-9(12-7-8)3-2-4-10/h5,7H,6H2,1H3. The quantitative estimate of drug-likeness (QED) is 0.645. The number of hydrogen-bond acceptors (Lipinski definition) is 3. The first-order chi connectivity index (χ1) is 5.86. The van der Waals surface area contributed by atoms with E-state index < -0.39 is 0 Å². The molecule has 0 radical (unpaired) electrons. The molecular weight excluding hydrogens is 170 g/mol. The molecule has 0 spiro atoms. The monoisotopic (exact) mass is 177 g/mol. The fraction of sp³-hybridized carbons (Fsp3) is 0.222. The lowest BCUT2D eigenvalue weighted by molar-refractivity contribution is 0.185. The molecular formula is C9H7NOS. The second-order valence-corrected chi connectivity index (χ2v) is 3.03. The van der Waals surface area contributed by atoms with Crippen molar-refractivity contribution in [1.29, 1.82) is 5.26 Å². The van der Waals surface area contributed by atoms with E-state index >= 15 is 0 Å². The highest BCUT2D eigenvalue weighted by atomic mass is 32.1. The summed E-state index contributed by atoms with van der Waals surface area (Å²) in [6, 6.07) is 3.70. The third-order valence-corrected chi connectivity index (χ3v) is 2.10. The molecule has 1 aromatic rings. The van der Waals surface area contributed by atoms with Gasteiger partial charge in [0.25, 0.3) is 0 Å². The Bertz CT molecular complexity index is 351. The first kappa shape index (κ1) is 8.80. The van der Waals surface area contributed by atoms with E-state index in [9.17, 15) is 0 Å². The van der Waals surface area contributed by atoms with Gasteiger partial charge in [0.1, 0.15) is 0 Å². The summed E-state index contributed by atoms with van der Waals surface area (Å²) in [5.41, 5.74) is 1.10. The summed E-state index contributed by atoms with van der Waals surface area (Å²) in [5, 5.41) is 10.2. The van der Waals surface area contributed by atoms with Gasteiger partial charge in [0, 0.05) is 13.0 Å². The lowest BCUT2D eigenvalue weighted by Gasteiger charge is -1.89. The maximum atomic E-state index is 8.19. The topological polar surface area (TPSA) is 33.0 Å². The second kappa shape index (κ2) is 4.56. The molecule has 1 heterocycles. The second-order valence-electron chi connectivity index (χ2n) is 2.11. The summed E-state index contributed by atoms with van der Waals surface area (Å²) in [4.78, 5) is 0.906. The fourth-order valence-corrected chi connectivity index (χ4v) is 1.52. The molecule has 0 bridgehead atoms. The van der Waals surface area contributed by atoms with Crippen LogP contribution in [0.3, 0.4) is 0 Å². The van der Waals surface area contributed by atoms with Crippen LogP contribution in [0.2, 0.25) is 0 Å². The zero-order valence-corrected chi connectivity index (χ0v) is 7.44. The average Bonchev–Trinajstić information content (AvgIpc) is 2.50. The normalized spacial score (nSPS) is 8.33. The number of methoxy groups -OCH3 is 1. The van der Waals surface area contributed by atoms with Crippen LogP contribution in [-0.4, -0.2) is 7.11 Å². The van der Waals surface area contributed by atoms with Crippen LogP contribution < -0.4 is 0 Å². The van der Waals surface area contributed by atoms with Crippen molar-refractivity contribution in [3.8, 4) is 17.9 Å². The first-order valence-corrected chi connectivity index (χ1v) is 4.21. The van der Waals surface area contributed by atoms with Gasteiger partial charge in [0.2, 0.25) is 0 Å². The Morgan fingerprint density at radius 1 is 1.67 bits per heavy atom. The van der Waals surface area contributed by atoms with Crippen LogP contribution in [0.5, 0.6) is 0 Å². The summed E-state index contributed by atoms with van der Waals surface area (Å²) in [5.74, 6) is 5.07. The van der Waals surface area contributed by atoms with Crippen molar-refractivity contribution in [2.45, 2.75) is 6.61 Å². The summed E-state index contributed by atoms with van der Waals surface area (Å²) in [7, 11) is 1.65. The molecule has 0 aromatic carbocycles. The van der Waals surface area contributed by atoms with E-state index in [-0.39, 0.29) is 0 Å². The number of hydrogen-bond donors (Lipinski definition) is 0.